The molecule has 0 unspecified atom stereocenters. The molecule has 3 rings (SSSR count). The molecule has 2 heterocycles. The van der Waals surface area contributed by atoms with Crippen molar-refractivity contribution in [2.24, 2.45) is 14.1 Å². The van der Waals surface area contributed by atoms with Crippen LogP contribution in [0, 0.1) is 13.8 Å². The van der Waals surface area contributed by atoms with Crippen molar-refractivity contribution in [3.63, 3.8) is 0 Å². The number of benzene rings is 1. The first-order chi connectivity index (χ1) is 10.3. The summed E-state index contributed by atoms with van der Waals surface area (Å²) in [5, 5.41) is 0.151. The SMILES string of the molecule is Cc1cc(C)cc(-n2c(Cl)nc3c2c(=O)n(C)c(=O)n3C)c1. The highest BCUT2D eigenvalue weighted by molar-refractivity contribution is 6.29. The molecule has 0 aliphatic heterocycles. The highest BCUT2D eigenvalue weighted by atomic mass is 35.5. The summed E-state index contributed by atoms with van der Waals surface area (Å²) in [6.45, 7) is 3.94. The molecule has 0 saturated heterocycles. The van der Waals surface area contributed by atoms with Crippen LogP contribution in [0.3, 0.4) is 0 Å². The number of nitrogens with zero attached hydrogens (tertiary/aromatic N) is 4. The molecule has 0 amide bonds. The van der Waals surface area contributed by atoms with E-state index in [0.717, 1.165) is 21.4 Å². The third-order valence-electron chi connectivity index (χ3n) is 3.68. The molecule has 0 bridgehead atoms. The Morgan fingerprint density at radius 2 is 1.59 bits per heavy atom. The van der Waals surface area contributed by atoms with Gasteiger partial charge in [-0.25, -0.2) is 4.79 Å². The van der Waals surface area contributed by atoms with Crippen molar-refractivity contribution in [1.82, 2.24) is 18.7 Å². The van der Waals surface area contributed by atoms with Gasteiger partial charge in [0.05, 0.1) is 0 Å². The Morgan fingerprint density at radius 1 is 1.00 bits per heavy atom. The highest BCUT2D eigenvalue weighted by Gasteiger charge is 2.19. The van der Waals surface area contributed by atoms with Gasteiger partial charge in [-0.05, 0) is 48.7 Å². The minimum absolute atomic E-state index is 0.151. The summed E-state index contributed by atoms with van der Waals surface area (Å²) in [6.07, 6.45) is 0. The fourth-order valence-corrected chi connectivity index (χ4v) is 2.95. The van der Waals surface area contributed by atoms with Crippen LogP contribution in [0.2, 0.25) is 5.28 Å². The van der Waals surface area contributed by atoms with E-state index in [1.54, 1.807) is 11.6 Å². The molecule has 22 heavy (non-hydrogen) atoms. The van der Waals surface area contributed by atoms with E-state index in [-0.39, 0.29) is 10.9 Å². The number of aromatic nitrogens is 4. The van der Waals surface area contributed by atoms with E-state index < -0.39 is 11.2 Å². The van der Waals surface area contributed by atoms with Crippen LogP contribution in [0.15, 0.2) is 27.8 Å². The van der Waals surface area contributed by atoms with Crippen LogP contribution < -0.4 is 11.2 Å². The van der Waals surface area contributed by atoms with E-state index in [1.807, 2.05) is 32.0 Å². The first kappa shape index (κ1) is 14.6. The monoisotopic (exact) mass is 318 g/mol. The van der Waals surface area contributed by atoms with Gasteiger partial charge in [0.1, 0.15) is 0 Å². The summed E-state index contributed by atoms with van der Waals surface area (Å²) in [4.78, 5) is 28.7. The van der Waals surface area contributed by atoms with Crippen molar-refractivity contribution < 1.29 is 0 Å². The first-order valence-corrected chi connectivity index (χ1v) is 7.11. The fraction of sp³-hybridized carbons (Fsp3) is 0.267. The summed E-state index contributed by atoms with van der Waals surface area (Å²) < 4.78 is 3.96. The molecule has 0 N–H and O–H groups in total. The van der Waals surface area contributed by atoms with Crippen molar-refractivity contribution >= 4 is 22.8 Å². The van der Waals surface area contributed by atoms with Gasteiger partial charge in [0, 0.05) is 19.8 Å². The van der Waals surface area contributed by atoms with Gasteiger partial charge in [0.2, 0.25) is 5.28 Å². The molecule has 0 fully saturated rings. The Balaban J connectivity index is 2.53. The second-order valence-corrected chi connectivity index (χ2v) is 5.78. The van der Waals surface area contributed by atoms with Crippen molar-refractivity contribution in [2.45, 2.75) is 13.8 Å². The Labute approximate surface area is 131 Å². The molecule has 0 aliphatic rings. The Kier molecular flexibility index (Phi) is 3.21. The number of aryl methyl sites for hydroxylation is 3. The Morgan fingerprint density at radius 3 is 2.18 bits per heavy atom. The lowest BCUT2D eigenvalue weighted by Crippen LogP contribution is -2.37. The van der Waals surface area contributed by atoms with Crippen LogP contribution in [-0.2, 0) is 14.1 Å². The number of imidazole rings is 1. The highest BCUT2D eigenvalue weighted by Crippen LogP contribution is 2.23. The summed E-state index contributed by atoms with van der Waals surface area (Å²) in [7, 11) is 3.01. The summed E-state index contributed by atoms with van der Waals surface area (Å²) in [5.41, 5.74) is 2.57. The number of hydrogen-bond acceptors (Lipinski definition) is 3. The van der Waals surface area contributed by atoms with Gasteiger partial charge in [-0.2, -0.15) is 4.98 Å². The lowest BCUT2D eigenvalue weighted by Gasteiger charge is -2.09. The van der Waals surface area contributed by atoms with Crippen molar-refractivity contribution in [2.75, 3.05) is 0 Å². The van der Waals surface area contributed by atoms with E-state index in [2.05, 4.69) is 4.98 Å². The van der Waals surface area contributed by atoms with E-state index in [4.69, 9.17) is 11.6 Å². The van der Waals surface area contributed by atoms with Gasteiger partial charge in [-0.15, -0.1) is 0 Å². The van der Waals surface area contributed by atoms with Crippen LogP contribution in [0.4, 0.5) is 0 Å². The lowest BCUT2D eigenvalue weighted by atomic mass is 10.1. The smallest absolute Gasteiger partial charge is 0.279 e. The molecule has 1 aromatic carbocycles. The maximum Gasteiger partial charge on any atom is 0.332 e. The number of fused-ring (bicyclic) bond motifs is 1. The number of halogens is 1. The van der Waals surface area contributed by atoms with Crippen LogP contribution in [0.1, 0.15) is 11.1 Å². The summed E-state index contributed by atoms with van der Waals surface area (Å²) in [6, 6.07) is 5.87. The maximum absolute atomic E-state index is 12.5. The van der Waals surface area contributed by atoms with Gasteiger partial charge in [0.15, 0.2) is 11.2 Å². The number of rotatable bonds is 1. The third-order valence-corrected chi connectivity index (χ3v) is 3.94. The molecule has 6 nitrogen and oxygen atoms in total. The van der Waals surface area contributed by atoms with E-state index >= 15 is 0 Å². The van der Waals surface area contributed by atoms with Gasteiger partial charge in [0.25, 0.3) is 5.56 Å². The predicted molar refractivity (Wildman–Crippen MR) is 86.0 cm³/mol. The first-order valence-electron chi connectivity index (χ1n) is 6.74. The van der Waals surface area contributed by atoms with E-state index in [1.165, 1.54) is 11.6 Å². The topological polar surface area (TPSA) is 61.8 Å². The normalized spacial score (nSPS) is 11.3. The van der Waals surface area contributed by atoms with E-state index in [0.29, 0.717) is 5.52 Å². The molecule has 0 saturated carbocycles. The predicted octanol–water partition coefficient (Wildman–Crippen LogP) is 1.69. The minimum Gasteiger partial charge on any atom is -0.279 e. The molecule has 0 atom stereocenters. The summed E-state index contributed by atoms with van der Waals surface area (Å²) in [5.74, 6) is 0. The molecule has 0 spiro atoms. The average molecular weight is 319 g/mol. The molecule has 114 valence electrons. The number of hydrogen-bond donors (Lipinski definition) is 0. The lowest BCUT2D eigenvalue weighted by molar-refractivity contribution is 0.707. The van der Waals surface area contributed by atoms with Crippen LogP contribution in [0.25, 0.3) is 16.9 Å². The molecule has 7 heteroatoms. The molecular formula is C15H15ClN4O2. The third kappa shape index (κ3) is 1.99. The fourth-order valence-electron chi connectivity index (χ4n) is 2.68. The second-order valence-electron chi connectivity index (χ2n) is 5.44. The van der Waals surface area contributed by atoms with Gasteiger partial charge >= 0.3 is 5.69 Å². The van der Waals surface area contributed by atoms with Crippen LogP contribution in [-0.4, -0.2) is 18.7 Å². The maximum atomic E-state index is 12.5. The molecule has 0 aliphatic carbocycles. The standard InChI is InChI=1S/C15H15ClN4O2/c1-8-5-9(2)7-10(6-8)20-11-12(17-14(20)16)18(3)15(22)19(4)13(11)21/h5-7H,1-4H3. The Bertz CT molecular complexity index is 1010. The van der Waals surface area contributed by atoms with Crippen molar-refractivity contribution in [3.05, 3.63) is 55.4 Å². The van der Waals surface area contributed by atoms with Gasteiger partial charge in [-0.1, -0.05) is 6.07 Å². The average Bonchev–Trinajstić information content (AvgIpc) is 2.79. The largest absolute Gasteiger partial charge is 0.332 e. The van der Waals surface area contributed by atoms with Crippen LogP contribution >= 0.6 is 11.6 Å². The van der Waals surface area contributed by atoms with Crippen LogP contribution in [0.5, 0.6) is 0 Å². The van der Waals surface area contributed by atoms with Crippen molar-refractivity contribution in [1.29, 1.82) is 0 Å². The molecule has 0 radical (unpaired) electrons. The zero-order valence-corrected chi connectivity index (χ0v) is 13.5. The summed E-state index contributed by atoms with van der Waals surface area (Å²) >= 11 is 6.24. The van der Waals surface area contributed by atoms with Gasteiger partial charge < -0.3 is 0 Å². The quantitative estimate of drug-likeness (QED) is 0.641. The molecule has 2 aromatic heterocycles. The zero-order chi connectivity index (χ0) is 16.2. The van der Waals surface area contributed by atoms with Crippen molar-refractivity contribution in [3.8, 4) is 5.69 Å². The zero-order valence-electron chi connectivity index (χ0n) is 12.7. The minimum atomic E-state index is -0.431. The van der Waals surface area contributed by atoms with Gasteiger partial charge in [-0.3, -0.25) is 18.5 Å². The molecular weight excluding hydrogens is 304 g/mol. The second kappa shape index (κ2) is 4.84. The van der Waals surface area contributed by atoms with E-state index in [9.17, 15) is 9.59 Å². The molecule has 3 aromatic rings. The Hall–Kier alpha value is -2.34.